The van der Waals surface area contributed by atoms with Crippen molar-refractivity contribution in [1.29, 1.82) is 0 Å². The molecule has 0 N–H and O–H groups in total. The van der Waals surface area contributed by atoms with E-state index in [1.807, 2.05) is 42.2 Å². The second-order valence-corrected chi connectivity index (χ2v) is 6.95. The van der Waals surface area contributed by atoms with Gasteiger partial charge in [-0.3, -0.25) is 4.79 Å². The van der Waals surface area contributed by atoms with Gasteiger partial charge in [-0.15, -0.1) is 0 Å². The summed E-state index contributed by atoms with van der Waals surface area (Å²) in [6, 6.07) is 9.15. The summed E-state index contributed by atoms with van der Waals surface area (Å²) in [6.07, 6.45) is 3.93. The van der Waals surface area contributed by atoms with Crippen LogP contribution in [-0.2, 0) is 4.79 Å². The van der Waals surface area contributed by atoms with Crippen LogP contribution >= 0.6 is 0 Å². The van der Waals surface area contributed by atoms with Crippen molar-refractivity contribution in [1.82, 2.24) is 14.9 Å². The van der Waals surface area contributed by atoms with E-state index in [-0.39, 0.29) is 17.9 Å². The van der Waals surface area contributed by atoms with E-state index in [1.54, 1.807) is 7.11 Å². The molecule has 1 amide bonds. The number of aryl methyl sites for hydroxylation is 1. The van der Waals surface area contributed by atoms with Gasteiger partial charge in [0.2, 0.25) is 11.8 Å². The summed E-state index contributed by atoms with van der Waals surface area (Å²) in [7, 11) is 1.63. The Labute approximate surface area is 153 Å². The highest BCUT2D eigenvalue weighted by Gasteiger charge is 2.39. The molecule has 2 aliphatic rings. The first-order valence-electron chi connectivity index (χ1n) is 9.12. The van der Waals surface area contributed by atoms with E-state index in [4.69, 9.17) is 9.47 Å². The second-order valence-electron chi connectivity index (χ2n) is 6.95. The van der Waals surface area contributed by atoms with Crippen LogP contribution in [0.2, 0.25) is 0 Å². The third-order valence-electron chi connectivity index (χ3n) is 4.89. The second kappa shape index (κ2) is 6.94. The average Bonchev–Trinajstić information content (AvgIpc) is 3.37. The number of rotatable bonds is 5. The van der Waals surface area contributed by atoms with Crippen LogP contribution in [0.4, 0.5) is 0 Å². The summed E-state index contributed by atoms with van der Waals surface area (Å²) >= 11 is 0. The molecule has 2 fully saturated rings. The number of amides is 1. The molecule has 1 atom stereocenters. The summed E-state index contributed by atoms with van der Waals surface area (Å²) in [5, 5.41) is 0. The molecule has 1 aromatic carbocycles. The highest BCUT2D eigenvalue weighted by Crippen LogP contribution is 2.38. The summed E-state index contributed by atoms with van der Waals surface area (Å²) in [5.41, 5.74) is 0.837. The monoisotopic (exact) mass is 353 g/mol. The molecular weight excluding hydrogens is 330 g/mol. The van der Waals surface area contributed by atoms with Crippen LogP contribution in [0.5, 0.6) is 17.4 Å². The first-order valence-corrected chi connectivity index (χ1v) is 9.12. The van der Waals surface area contributed by atoms with Crippen LogP contribution in [0.25, 0.3) is 0 Å². The summed E-state index contributed by atoms with van der Waals surface area (Å²) < 4.78 is 11.1. The van der Waals surface area contributed by atoms with E-state index in [1.165, 1.54) is 0 Å². The first-order chi connectivity index (χ1) is 12.6. The predicted octanol–water partition coefficient (Wildman–Crippen LogP) is 3.66. The topological polar surface area (TPSA) is 64.6 Å². The lowest BCUT2D eigenvalue weighted by Crippen LogP contribution is -2.32. The quantitative estimate of drug-likeness (QED) is 0.821. The van der Waals surface area contributed by atoms with Gasteiger partial charge in [0.05, 0.1) is 13.2 Å². The summed E-state index contributed by atoms with van der Waals surface area (Å²) in [4.78, 5) is 23.7. The van der Waals surface area contributed by atoms with Gasteiger partial charge in [-0.1, -0.05) is 0 Å². The molecule has 1 aliphatic carbocycles. The number of carbonyl (C=O) groups is 1. The van der Waals surface area contributed by atoms with E-state index in [0.717, 1.165) is 43.7 Å². The molecule has 4 rings (SSSR count). The molecule has 0 spiro atoms. The highest BCUT2D eigenvalue weighted by molar-refractivity contribution is 5.81. The molecule has 26 heavy (non-hydrogen) atoms. The Bertz CT molecular complexity index is 802. The van der Waals surface area contributed by atoms with E-state index in [9.17, 15) is 4.79 Å². The number of carbonyl (C=O) groups excluding carboxylic acids is 1. The van der Waals surface area contributed by atoms with Crippen molar-refractivity contribution in [2.45, 2.75) is 38.6 Å². The van der Waals surface area contributed by atoms with Gasteiger partial charge in [-0.05, 0) is 56.9 Å². The average molecular weight is 353 g/mol. The van der Waals surface area contributed by atoms with Crippen molar-refractivity contribution in [2.24, 2.45) is 5.92 Å². The van der Waals surface area contributed by atoms with Crippen molar-refractivity contribution in [3.63, 3.8) is 0 Å². The molecule has 0 unspecified atom stereocenters. The van der Waals surface area contributed by atoms with Crippen LogP contribution in [0.3, 0.4) is 0 Å². The molecule has 2 aromatic rings. The van der Waals surface area contributed by atoms with Crippen LogP contribution in [0.1, 0.15) is 43.2 Å². The molecule has 136 valence electrons. The number of aromatic nitrogens is 2. The number of methoxy groups -OCH3 is 1. The fraction of sp³-hybridized carbons (Fsp3) is 0.450. The van der Waals surface area contributed by atoms with E-state index in [2.05, 4.69) is 9.97 Å². The Balaban J connectivity index is 1.56. The van der Waals surface area contributed by atoms with Crippen molar-refractivity contribution in [2.75, 3.05) is 13.7 Å². The Hall–Kier alpha value is -2.63. The van der Waals surface area contributed by atoms with Gasteiger partial charge in [0.15, 0.2) is 5.82 Å². The zero-order valence-electron chi connectivity index (χ0n) is 15.1. The van der Waals surface area contributed by atoms with Crippen molar-refractivity contribution in [3.05, 3.63) is 41.9 Å². The van der Waals surface area contributed by atoms with E-state index in [0.29, 0.717) is 17.5 Å². The van der Waals surface area contributed by atoms with E-state index >= 15 is 0 Å². The maximum Gasteiger partial charge on any atom is 0.226 e. The normalized spacial score (nSPS) is 19.5. The molecule has 2 heterocycles. The fourth-order valence-electron chi connectivity index (χ4n) is 3.39. The highest BCUT2D eigenvalue weighted by atomic mass is 16.5. The van der Waals surface area contributed by atoms with Gasteiger partial charge >= 0.3 is 0 Å². The Kier molecular flexibility index (Phi) is 4.49. The Morgan fingerprint density at radius 2 is 1.85 bits per heavy atom. The molecular formula is C20H23N3O3. The zero-order valence-corrected chi connectivity index (χ0v) is 15.1. The first kappa shape index (κ1) is 16.8. The van der Waals surface area contributed by atoms with Crippen molar-refractivity contribution < 1.29 is 14.3 Å². The number of nitrogens with zero attached hydrogens (tertiary/aromatic N) is 3. The van der Waals surface area contributed by atoms with Gasteiger partial charge in [0.25, 0.3) is 0 Å². The number of hydrogen-bond donors (Lipinski definition) is 0. The van der Waals surface area contributed by atoms with Crippen molar-refractivity contribution >= 4 is 5.91 Å². The van der Waals surface area contributed by atoms with Gasteiger partial charge in [0, 0.05) is 24.2 Å². The lowest BCUT2D eigenvalue weighted by molar-refractivity contribution is -0.133. The van der Waals surface area contributed by atoms with Gasteiger partial charge < -0.3 is 14.4 Å². The molecule has 1 aromatic heterocycles. The van der Waals surface area contributed by atoms with Crippen LogP contribution < -0.4 is 9.47 Å². The molecule has 0 bridgehead atoms. The maximum atomic E-state index is 12.5. The third-order valence-corrected chi connectivity index (χ3v) is 4.89. The zero-order chi connectivity index (χ0) is 18.1. The minimum absolute atomic E-state index is 0.0405. The molecule has 0 radical (unpaired) electrons. The smallest absolute Gasteiger partial charge is 0.226 e. The molecule has 1 aliphatic heterocycles. The van der Waals surface area contributed by atoms with Crippen LogP contribution in [0.15, 0.2) is 30.3 Å². The Morgan fingerprint density at radius 3 is 2.54 bits per heavy atom. The third kappa shape index (κ3) is 3.49. The van der Waals surface area contributed by atoms with Crippen molar-refractivity contribution in [3.8, 4) is 17.4 Å². The number of benzene rings is 1. The van der Waals surface area contributed by atoms with Crippen LogP contribution in [0, 0.1) is 12.8 Å². The lowest BCUT2D eigenvalue weighted by atomic mass is 10.2. The molecule has 1 saturated heterocycles. The van der Waals surface area contributed by atoms with Gasteiger partial charge in [-0.25, -0.2) is 4.98 Å². The number of ether oxygens (including phenoxy) is 2. The molecule has 1 saturated carbocycles. The number of likely N-dealkylation sites (tertiary alicyclic amines) is 1. The van der Waals surface area contributed by atoms with Crippen LogP contribution in [-0.4, -0.2) is 34.4 Å². The molecule has 6 heteroatoms. The molecule has 6 nitrogen and oxygen atoms in total. The summed E-state index contributed by atoms with van der Waals surface area (Å²) in [5.74, 6) is 3.12. The number of hydrogen-bond acceptors (Lipinski definition) is 5. The standard InChI is InChI=1S/C20H23N3O3/c1-13-12-18(26-16-9-7-15(25-2)8-10-16)22-19(21-13)17-4-3-11-23(17)20(24)14-5-6-14/h7-10,12,14,17H,3-6,11H2,1-2H3/t17-/m1/s1. The van der Waals surface area contributed by atoms with E-state index < -0.39 is 0 Å². The van der Waals surface area contributed by atoms with Gasteiger partial charge in [-0.2, -0.15) is 4.98 Å². The SMILES string of the molecule is COc1ccc(Oc2cc(C)nc([C@H]3CCCN3C(=O)C3CC3)n2)cc1. The minimum atomic E-state index is -0.0405. The maximum absolute atomic E-state index is 12.5. The predicted molar refractivity (Wildman–Crippen MR) is 96.2 cm³/mol. The largest absolute Gasteiger partial charge is 0.497 e. The van der Waals surface area contributed by atoms with Gasteiger partial charge in [0.1, 0.15) is 11.5 Å². The Morgan fingerprint density at radius 1 is 1.12 bits per heavy atom. The minimum Gasteiger partial charge on any atom is -0.497 e. The summed E-state index contributed by atoms with van der Waals surface area (Å²) in [6.45, 7) is 2.72. The fourth-order valence-corrected chi connectivity index (χ4v) is 3.39. The lowest BCUT2D eigenvalue weighted by Gasteiger charge is -2.24.